The highest BCUT2D eigenvalue weighted by Crippen LogP contribution is 2.31. The van der Waals surface area contributed by atoms with Crippen LogP contribution in [0.5, 0.6) is 0 Å². The number of esters is 1. The monoisotopic (exact) mass is 203 g/mol. The summed E-state index contributed by atoms with van der Waals surface area (Å²) in [6, 6.07) is 0.732. The molecule has 13 heavy (non-hydrogen) atoms. The Morgan fingerprint density at radius 3 is 2.92 bits per heavy atom. The smallest absolute Gasteiger partial charge is 0.302 e. The Morgan fingerprint density at radius 1 is 1.46 bits per heavy atom. The minimum Gasteiger partial charge on any atom is -0.461 e. The third kappa shape index (κ3) is 1.97. The van der Waals surface area contributed by atoms with Crippen LogP contribution in [0.2, 0.25) is 0 Å². The first kappa shape index (κ1) is 9.28. The Morgan fingerprint density at radius 2 is 2.23 bits per heavy atom. The zero-order valence-corrected chi connectivity index (χ0v) is 8.38. The van der Waals surface area contributed by atoms with Gasteiger partial charge < -0.3 is 10.1 Å². The van der Waals surface area contributed by atoms with E-state index in [2.05, 4.69) is 5.32 Å². The molecule has 2 aliphatic heterocycles. The molecule has 4 atom stereocenters. The Labute approximate surface area is 82.8 Å². The van der Waals surface area contributed by atoms with E-state index in [9.17, 15) is 4.79 Å². The van der Waals surface area contributed by atoms with E-state index in [0.29, 0.717) is 6.04 Å². The van der Waals surface area contributed by atoms with Crippen LogP contribution in [0.4, 0.5) is 0 Å². The molecule has 0 aromatic carbocycles. The van der Waals surface area contributed by atoms with Crippen molar-refractivity contribution < 1.29 is 9.53 Å². The van der Waals surface area contributed by atoms with Crippen LogP contribution in [0.15, 0.2) is 0 Å². The van der Waals surface area contributed by atoms with Gasteiger partial charge in [-0.2, -0.15) is 0 Å². The number of fused-ring (bicyclic) bond motifs is 2. The number of ether oxygens (including phenoxy) is 1. The summed E-state index contributed by atoms with van der Waals surface area (Å²) in [4.78, 5) is 10.8. The summed E-state index contributed by atoms with van der Waals surface area (Å²) >= 11 is 6.07. The van der Waals surface area contributed by atoms with Crippen molar-refractivity contribution in [3.05, 3.63) is 0 Å². The predicted octanol–water partition coefficient (Wildman–Crippen LogP) is 1.05. The molecular formula is C9H14ClNO2. The number of nitrogens with one attached hydrogen (secondary N) is 1. The predicted molar refractivity (Wildman–Crippen MR) is 49.8 cm³/mol. The van der Waals surface area contributed by atoms with Crippen LogP contribution < -0.4 is 5.32 Å². The van der Waals surface area contributed by atoms with Gasteiger partial charge in [0.1, 0.15) is 6.10 Å². The number of carbonyl (C=O) groups is 1. The summed E-state index contributed by atoms with van der Waals surface area (Å²) < 4.78 is 5.21. The third-order valence-corrected chi connectivity index (χ3v) is 3.14. The van der Waals surface area contributed by atoms with Crippen LogP contribution >= 0.6 is 11.6 Å². The molecule has 0 amide bonds. The molecule has 3 nitrogen and oxygen atoms in total. The minimum absolute atomic E-state index is 0.0475. The molecule has 0 aliphatic carbocycles. The van der Waals surface area contributed by atoms with E-state index in [1.165, 1.54) is 6.92 Å². The van der Waals surface area contributed by atoms with Crippen molar-refractivity contribution in [1.29, 1.82) is 0 Å². The molecule has 2 fully saturated rings. The van der Waals surface area contributed by atoms with Gasteiger partial charge in [-0.05, 0) is 12.8 Å². The maximum Gasteiger partial charge on any atom is 0.302 e. The summed E-state index contributed by atoms with van der Waals surface area (Å²) in [5.41, 5.74) is 0. The summed E-state index contributed by atoms with van der Waals surface area (Å²) in [5, 5.41) is 3.66. The topological polar surface area (TPSA) is 38.3 Å². The van der Waals surface area contributed by atoms with Crippen molar-refractivity contribution in [2.45, 2.75) is 49.8 Å². The Bertz CT molecular complexity index is 222. The van der Waals surface area contributed by atoms with Crippen LogP contribution in [0.1, 0.15) is 26.2 Å². The van der Waals surface area contributed by atoms with Gasteiger partial charge in [0.2, 0.25) is 0 Å². The maximum absolute atomic E-state index is 10.8. The molecule has 0 aromatic rings. The van der Waals surface area contributed by atoms with Gasteiger partial charge in [-0.15, -0.1) is 11.6 Å². The average Bonchev–Trinajstić information content (AvgIpc) is 2.25. The highest BCUT2D eigenvalue weighted by atomic mass is 35.5. The SMILES string of the molecule is CC(=O)O[C@@H]1C[C@H]2C[C@H](Cl)C[C@@H]1N2. The van der Waals surface area contributed by atoms with Crippen molar-refractivity contribution in [1.82, 2.24) is 5.32 Å². The molecule has 2 saturated heterocycles. The van der Waals surface area contributed by atoms with Gasteiger partial charge >= 0.3 is 5.97 Å². The lowest BCUT2D eigenvalue weighted by Crippen LogP contribution is -2.41. The second kappa shape index (κ2) is 3.46. The van der Waals surface area contributed by atoms with Gasteiger partial charge in [-0.3, -0.25) is 4.79 Å². The molecule has 0 radical (unpaired) electrons. The molecule has 2 rings (SSSR count). The first-order valence-corrected chi connectivity index (χ1v) is 5.16. The Balaban J connectivity index is 1.97. The molecule has 74 valence electrons. The lowest BCUT2D eigenvalue weighted by atomic mass is 10.1. The van der Waals surface area contributed by atoms with E-state index in [-0.39, 0.29) is 23.5 Å². The third-order valence-electron chi connectivity index (χ3n) is 2.78. The van der Waals surface area contributed by atoms with E-state index in [0.717, 1.165) is 19.3 Å². The fourth-order valence-electron chi connectivity index (χ4n) is 2.33. The minimum atomic E-state index is -0.189. The summed E-state index contributed by atoms with van der Waals surface area (Å²) in [6.45, 7) is 1.46. The quantitative estimate of drug-likeness (QED) is 0.512. The number of rotatable bonds is 1. The van der Waals surface area contributed by atoms with Crippen molar-refractivity contribution in [3.8, 4) is 0 Å². The molecule has 4 heteroatoms. The summed E-state index contributed by atoms with van der Waals surface area (Å²) in [7, 11) is 0. The Hall–Kier alpha value is -0.280. The standard InChI is InChI=1S/C9H14ClNO2/c1-5(12)13-9-4-7-2-6(10)3-8(9)11-7/h6-9,11H,2-4H2,1H3/t6-,7+,8-,9+/m0/s1. The lowest BCUT2D eigenvalue weighted by Gasteiger charge is -2.25. The Kier molecular flexibility index (Phi) is 2.47. The number of halogens is 1. The normalized spacial score (nSPS) is 43.2. The van der Waals surface area contributed by atoms with Crippen molar-refractivity contribution in [2.75, 3.05) is 0 Å². The molecule has 0 spiro atoms. The molecule has 2 bridgehead atoms. The fraction of sp³-hybridized carbons (Fsp3) is 0.889. The first-order valence-electron chi connectivity index (χ1n) is 4.72. The number of carbonyl (C=O) groups excluding carboxylic acids is 1. The largest absolute Gasteiger partial charge is 0.461 e. The van der Waals surface area contributed by atoms with Gasteiger partial charge in [0, 0.05) is 30.8 Å². The van der Waals surface area contributed by atoms with Crippen LogP contribution in [0.3, 0.4) is 0 Å². The van der Waals surface area contributed by atoms with Gasteiger partial charge in [-0.25, -0.2) is 0 Å². The number of piperidine rings is 1. The van der Waals surface area contributed by atoms with Crippen molar-refractivity contribution in [3.63, 3.8) is 0 Å². The van der Waals surface area contributed by atoms with Gasteiger partial charge in [0.05, 0.1) is 0 Å². The highest BCUT2D eigenvalue weighted by molar-refractivity contribution is 6.20. The van der Waals surface area contributed by atoms with Crippen LogP contribution in [-0.4, -0.2) is 29.5 Å². The molecule has 0 saturated carbocycles. The second-order valence-corrected chi connectivity index (χ2v) is 4.54. The van der Waals surface area contributed by atoms with Gasteiger partial charge in [0.25, 0.3) is 0 Å². The first-order chi connectivity index (χ1) is 6.15. The van der Waals surface area contributed by atoms with E-state index in [1.807, 2.05) is 0 Å². The van der Waals surface area contributed by atoms with Gasteiger partial charge in [-0.1, -0.05) is 0 Å². The second-order valence-electron chi connectivity index (χ2n) is 3.92. The van der Waals surface area contributed by atoms with E-state index < -0.39 is 0 Å². The van der Waals surface area contributed by atoms with Crippen LogP contribution in [0, 0.1) is 0 Å². The van der Waals surface area contributed by atoms with Crippen molar-refractivity contribution >= 4 is 17.6 Å². The summed E-state index contributed by atoms with van der Waals surface area (Å²) in [6.07, 6.45) is 2.88. The molecule has 0 unspecified atom stereocenters. The zero-order chi connectivity index (χ0) is 9.42. The van der Waals surface area contributed by atoms with E-state index in [4.69, 9.17) is 16.3 Å². The summed E-state index contributed by atoms with van der Waals surface area (Å²) in [5.74, 6) is -0.189. The molecule has 0 aromatic heterocycles. The fourth-order valence-corrected chi connectivity index (χ4v) is 2.74. The molecule has 2 aliphatic rings. The number of alkyl halides is 1. The van der Waals surface area contributed by atoms with Crippen LogP contribution in [0.25, 0.3) is 0 Å². The van der Waals surface area contributed by atoms with Gasteiger partial charge in [0.15, 0.2) is 0 Å². The van der Waals surface area contributed by atoms with E-state index >= 15 is 0 Å². The number of hydrogen-bond donors (Lipinski definition) is 1. The van der Waals surface area contributed by atoms with E-state index in [1.54, 1.807) is 0 Å². The molecular weight excluding hydrogens is 190 g/mol. The number of hydrogen-bond acceptors (Lipinski definition) is 3. The van der Waals surface area contributed by atoms with Crippen LogP contribution in [-0.2, 0) is 9.53 Å². The zero-order valence-electron chi connectivity index (χ0n) is 7.63. The maximum atomic E-state index is 10.8. The lowest BCUT2D eigenvalue weighted by molar-refractivity contribution is -0.146. The average molecular weight is 204 g/mol. The molecule has 1 N–H and O–H groups in total. The van der Waals surface area contributed by atoms with Crippen molar-refractivity contribution in [2.24, 2.45) is 0 Å². The highest BCUT2D eigenvalue weighted by Gasteiger charge is 2.41. The molecule has 2 heterocycles.